The summed E-state index contributed by atoms with van der Waals surface area (Å²) in [7, 11) is 0. The molecule has 0 aliphatic carbocycles. The van der Waals surface area contributed by atoms with Crippen LogP contribution in [0.3, 0.4) is 0 Å². The fourth-order valence-corrected chi connectivity index (χ4v) is 1.85. The molecule has 0 saturated heterocycles. The Kier molecular flexibility index (Phi) is 5.35. The minimum atomic E-state index is -0.403. The molecule has 0 amide bonds. The molecule has 0 radical (unpaired) electrons. The molecule has 0 aliphatic heterocycles. The summed E-state index contributed by atoms with van der Waals surface area (Å²) in [5.41, 5.74) is 0.369. The van der Waals surface area contributed by atoms with Gasteiger partial charge in [-0.05, 0) is 31.0 Å². The average Bonchev–Trinajstić information content (AvgIpc) is 2.28. The van der Waals surface area contributed by atoms with E-state index in [1.807, 2.05) is 6.92 Å². The molecule has 0 aromatic heterocycles. The van der Waals surface area contributed by atoms with Crippen LogP contribution < -0.4 is 5.32 Å². The summed E-state index contributed by atoms with van der Waals surface area (Å²) >= 11 is 3.39. The lowest BCUT2D eigenvalue weighted by atomic mass is 10.1. The van der Waals surface area contributed by atoms with Crippen LogP contribution in [0, 0.1) is 17.6 Å². The first-order valence-corrected chi connectivity index (χ1v) is 6.40. The summed E-state index contributed by atoms with van der Waals surface area (Å²) in [6.45, 7) is 4.47. The van der Waals surface area contributed by atoms with Crippen molar-refractivity contribution in [2.45, 2.75) is 26.4 Å². The second-order valence-electron chi connectivity index (χ2n) is 4.04. The minimum absolute atomic E-state index is 0.252. The van der Waals surface area contributed by atoms with Crippen molar-refractivity contribution in [2.75, 3.05) is 5.33 Å². The zero-order chi connectivity index (χ0) is 12.1. The van der Waals surface area contributed by atoms with Gasteiger partial charge in [-0.25, -0.2) is 8.78 Å². The van der Waals surface area contributed by atoms with Gasteiger partial charge in [-0.2, -0.15) is 0 Å². The van der Waals surface area contributed by atoms with Crippen LogP contribution in [0.25, 0.3) is 0 Å². The van der Waals surface area contributed by atoms with E-state index in [-0.39, 0.29) is 11.9 Å². The molecule has 0 spiro atoms. The molecule has 90 valence electrons. The van der Waals surface area contributed by atoms with E-state index in [0.717, 1.165) is 17.5 Å². The molecular formula is C12H16BrF2N. The lowest BCUT2D eigenvalue weighted by molar-refractivity contribution is 0.427. The molecule has 1 aromatic rings. The largest absolute Gasteiger partial charge is 0.310 e. The Bertz CT molecular complexity index is 344. The first-order chi connectivity index (χ1) is 7.54. The molecule has 0 aliphatic rings. The third-order valence-corrected chi connectivity index (χ3v) is 3.74. The fraction of sp³-hybridized carbons (Fsp3) is 0.500. The van der Waals surface area contributed by atoms with Crippen molar-refractivity contribution in [3.8, 4) is 0 Å². The molecule has 4 heteroatoms. The van der Waals surface area contributed by atoms with Gasteiger partial charge in [-0.1, -0.05) is 22.9 Å². The van der Waals surface area contributed by atoms with Gasteiger partial charge in [0.05, 0.1) is 0 Å². The monoisotopic (exact) mass is 291 g/mol. The third kappa shape index (κ3) is 3.83. The van der Waals surface area contributed by atoms with Crippen LogP contribution in [-0.2, 0) is 6.54 Å². The number of alkyl halides is 1. The first-order valence-electron chi connectivity index (χ1n) is 5.28. The molecule has 1 aromatic carbocycles. The topological polar surface area (TPSA) is 12.0 Å². The van der Waals surface area contributed by atoms with Crippen LogP contribution in [0.4, 0.5) is 8.78 Å². The minimum Gasteiger partial charge on any atom is -0.310 e. The highest BCUT2D eigenvalue weighted by Crippen LogP contribution is 2.11. The zero-order valence-electron chi connectivity index (χ0n) is 9.43. The van der Waals surface area contributed by atoms with E-state index >= 15 is 0 Å². The van der Waals surface area contributed by atoms with Gasteiger partial charge >= 0.3 is 0 Å². The summed E-state index contributed by atoms with van der Waals surface area (Å²) in [5, 5.41) is 4.06. The van der Waals surface area contributed by atoms with Crippen LogP contribution in [0.2, 0.25) is 0 Å². The number of halogens is 3. The Labute approximate surface area is 103 Å². The zero-order valence-corrected chi connectivity index (χ0v) is 11.0. The van der Waals surface area contributed by atoms with Crippen LogP contribution in [0.15, 0.2) is 18.2 Å². The molecule has 16 heavy (non-hydrogen) atoms. The quantitative estimate of drug-likeness (QED) is 0.819. The maximum absolute atomic E-state index is 13.3. The summed E-state index contributed by atoms with van der Waals surface area (Å²) in [6, 6.07) is 3.77. The Morgan fingerprint density at radius 3 is 2.62 bits per heavy atom. The molecular weight excluding hydrogens is 276 g/mol. The molecule has 2 atom stereocenters. The van der Waals surface area contributed by atoms with Gasteiger partial charge in [0.25, 0.3) is 0 Å². The van der Waals surface area contributed by atoms with E-state index in [1.165, 1.54) is 6.07 Å². The van der Waals surface area contributed by atoms with Crippen molar-refractivity contribution in [2.24, 2.45) is 5.92 Å². The van der Waals surface area contributed by atoms with Crippen LogP contribution in [0.1, 0.15) is 19.4 Å². The standard InChI is InChI=1S/C12H16BrF2N/c1-8(6-13)9(2)16-7-10-5-11(14)3-4-12(10)15/h3-5,8-9,16H,6-7H2,1-2H3. The predicted octanol–water partition coefficient (Wildman–Crippen LogP) is 3.47. The Morgan fingerprint density at radius 2 is 2.00 bits per heavy atom. The van der Waals surface area contributed by atoms with Gasteiger partial charge in [-0.3, -0.25) is 0 Å². The van der Waals surface area contributed by atoms with Gasteiger partial charge in [0, 0.05) is 23.5 Å². The second kappa shape index (κ2) is 6.30. The molecule has 1 N–H and O–H groups in total. The highest BCUT2D eigenvalue weighted by molar-refractivity contribution is 9.09. The molecule has 0 saturated carbocycles. The van der Waals surface area contributed by atoms with E-state index in [1.54, 1.807) is 0 Å². The lowest BCUT2D eigenvalue weighted by Gasteiger charge is -2.19. The smallest absolute Gasteiger partial charge is 0.127 e. The molecule has 1 rings (SSSR count). The number of hydrogen-bond donors (Lipinski definition) is 1. The van der Waals surface area contributed by atoms with E-state index in [2.05, 4.69) is 28.2 Å². The van der Waals surface area contributed by atoms with Gasteiger partial charge in [0.15, 0.2) is 0 Å². The van der Waals surface area contributed by atoms with Crippen LogP contribution >= 0.6 is 15.9 Å². The summed E-state index contributed by atoms with van der Waals surface area (Å²) in [5.74, 6) is -0.330. The summed E-state index contributed by atoms with van der Waals surface area (Å²) in [6.07, 6.45) is 0. The van der Waals surface area contributed by atoms with E-state index in [4.69, 9.17) is 0 Å². The van der Waals surface area contributed by atoms with Crippen LogP contribution in [-0.4, -0.2) is 11.4 Å². The SMILES string of the molecule is CC(CBr)C(C)NCc1cc(F)ccc1F. The van der Waals surface area contributed by atoms with Gasteiger partial charge < -0.3 is 5.32 Å². The summed E-state index contributed by atoms with van der Waals surface area (Å²) < 4.78 is 26.2. The van der Waals surface area contributed by atoms with Crippen molar-refractivity contribution < 1.29 is 8.78 Å². The first kappa shape index (κ1) is 13.6. The Balaban J connectivity index is 2.57. The third-order valence-electron chi connectivity index (χ3n) is 2.72. The van der Waals surface area contributed by atoms with Crippen LogP contribution in [0.5, 0.6) is 0 Å². The molecule has 0 heterocycles. The fourth-order valence-electron chi connectivity index (χ4n) is 1.28. The normalized spacial score (nSPS) is 14.8. The number of hydrogen-bond acceptors (Lipinski definition) is 1. The number of rotatable bonds is 5. The highest BCUT2D eigenvalue weighted by atomic mass is 79.9. The van der Waals surface area contributed by atoms with E-state index in [9.17, 15) is 8.78 Å². The number of benzene rings is 1. The average molecular weight is 292 g/mol. The maximum atomic E-state index is 13.3. The summed E-state index contributed by atoms with van der Waals surface area (Å²) in [4.78, 5) is 0. The van der Waals surface area contributed by atoms with E-state index < -0.39 is 5.82 Å². The second-order valence-corrected chi connectivity index (χ2v) is 4.68. The molecule has 1 nitrogen and oxygen atoms in total. The molecule has 2 unspecified atom stereocenters. The van der Waals surface area contributed by atoms with Gasteiger partial charge in [-0.15, -0.1) is 0 Å². The van der Waals surface area contributed by atoms with Crippen molar-refractivity contribution in [3.05, 3.63) is 35.4 Å². The lowest BCUT2D eigenvalue weighted by Crippen LogP contribution is -2.32. The Morgan fingerprint density at radius 1 is 1.31 bits per heavy atom. The van der Waals surface area contributed by atoms with Gasteiger partial charge in [0.2, 0.25) is 0 Å². The highest BCUT2D eigenvalue weighted by Gasteiger charge is 2.11. The van der Waals surface area contributed by atoms with Crippen molar-refractivity contribution >= 4 is 15.9 Å². The predicted molar refractivity (Wildman–Crippen MR) is 65.6 cm³/mol. The Hall–Kier alpha value is -0.480. The van der Waals surface area contributed by atoms with Gasteiger partial charge in [0.1, 0.15) is 11.6 Å². The maximum Gasteiger partial charge on any atom is 0.127 e. The van der Waals surface area contributed by atoms with Crippen molar-refractivity contribution in [3.63, 3.8) is 0 Å². The number of nitrogens with one attached hydrogen (secondary N) is 1. The van der Waals surface area contributed by atoms with Crippen molar-refractivity contribution in [1.82, 2.24) is 5.32 Å². The molecule has 0 fully saturated rings. The van der Waals surface area contributed by atoms with Crippen molar-refractivity contribution in [1.29, 1.82) is 0 Å². The molecule has 0 bridgehead atoms. The van der Waals surface area contributed by atoms with E-state index in [0.29, 0.717) is 18.0 Å².